The van der Waals surface area contributed by atoms with Gasteiger partial charge >= 0.3 is 0 Å². The molecule has 2 aromatic rings. The van der Waals surface area contributed by atoms with E-state index in [1.807, 2.05) is 12.1 Å². The predicted octanol–water partition coefficient (Wildman–Crippen LogP) is 4.18. The van der Waals surface area contributed by atoms with Gasteiger partial charge in [-0.2, -0.15) is 0 Å². The summed E-state index contributed by atoms with van der Waals surface area (Å²) >= 11 is 11.8. The second-order valence-corrected chi connectivity index (χ2v) is 5.07. The van der Waals surface area contributed by atoms with Gasteiger partial charge in [-0.15, -0.1) is 0 Å². The van der Waals surface area contributed by atoms with E-state index in [9.17, 15) is 4.79 Å². The van der Waals surface area contributed by atoms with E-state index in [0.717, 1.165) is 5.56 Å². The molecule has 0 spiro atoms. The van der Waals surface area contributed by atoms with Crippen LogP contribution in [0.2, 0.25) is 10.0 Å². The maximum absolute atomic E-state index is 12.0. The first-order valence-electron chi connectivity index (χ1n) is 5.96. The van der Waals surface area contributed by atoms with Gasteiger partial charge in [0.25, 0.3) is 0 Å². The molecule has 1 amide bonds. The number of carbonyl (C=O) groups is 1. The van der Waals surface area contributed by atoms with E-state index in [-0.39, 0.29) is 12.3 Å². The summed E-state index contributed by atoms with van der Waals surface area (Å²) in [7, 11) is 1.54. The highest BCUT2D eigenvalue weighted by Crippen LogP contribution is 2.27. The van der Waals surface area contributed by atoms with Crippen LogP contribution in [-0.2, 0) is 11.2 Å². The highest BCUT2D eigenvalue weighted by atomic mass is 35.5. The molecule has 0 radical (unpaired) electrons. The van der Waals surface area contributed by atoms with Crippen molar-refractivity contribution in [3.05, 3.63) is 58.1 Å². The Balaban J connectivity index is 2.10. The molecule has 3 nitrogen and oxygen atoms in total. The minimum atomic E-state index is -0.159. The minimum absolute atomic E-state index is 0.159. The first-order chi connectivity index (χ1) is 9.58. The molecule has 2 aromatic carbocycles. The molecule has 0 saturated carbocycles. The lowest BCUT2D eigenvalue weighted by atomic mass is 10.1. The fraction of sp³-hybridized carbons (Fsp3) is 0.133. The van der Waals surface area contributed by atoms with Gasteiger partial charge in [0.2, 0.25) is 5.91 Å². The van der Waals surface area contributed by atoms with Crippen molar-refractivity contribution in [1.29, 1.82) is 0 Å². The average Bonchev–Trinajstić information content (AvgIpc) is 2.38. The van der Waals surface area contributed by atoms with Crippen LogP contribution in [0, 0.1) is 0 Å². The zero-order valence-electron chi connectivity index (χ0n) is 10.8. The molecule has 0 saturated heterocycles. The third kappa shape index (κ3) is 3.89. The van der Waals surface area contributed by atoms with E-state index >= 15 is 0 Å². The van der Waals surface area contributed by atoms with E-state index in [1.54, 1.807) is 30.3 Å². The second-order valence-electron chi connectivity index (χ2n) is 4.20. The topological polar surface area (TPSA) is 38.3 Å². The van der Waals surface area contributed by atoms with Crippen LogP contribution in [0.25, 0.3) is 0 Å². The van der Waals surface area contributed by atoms with Crippen LogP contribution in [0.4, 0.5) is 5.69 Å². The van der Waals surface area contributed by atoms with Gasteiger partial charge in [-0.1, -0.05) is 35.3 Å². The van der Waals surface area contributed by atoms with Crippen LogP contribution in [0.5, 0.6) is 5.75 Å². The number of nitrogens with one attached hydrogen (secondary N) is 1. The second kappa shape index (κ2) is 6.64. The van der Waals surface area contributed by atoms with E-state index in [2.05, 4.69) is 5.32 Å². The van der Waals surface area contributed by atoms with Crippen LogP contribution in [0.15, 0.2) is 42.5 Å². The van der Waals surface area contributed by atoms with Gasteiger partial charge in [-0.3, -0.25) is 4.79 Å². The van der Waals surface area contributed by atoms with E-state index in [1.165, 1.54) is 7.11 Å². The third-order valence-electron chi connectivity index (χ3n) is 2.69. The summed E-state index contributed by atoms with van der Waals surface area (Å²) < 4.78 is 5.18. The molecule has 0 fully saturated rings. The van der Waals surface area contributed by atoms with Crippen molar-refractivity contribution in [2.45, 2.75) is 6.42 Å². The Bertz CT molecular complexity index is 629. The Morgan fingerprint density at radius 1 is 1.15 bits per heavy atom. The minimum Gasteiger partial charge on any atom is -0.495 e. The summed E-state index contributed by atoms with van der Waals surface area (Å²) in [6.45, 7) is 0. The van der Waals surface area contributed by atoms with Crippen LogP contribution < -0.4 is 10.1 Å². The van der Waals surface area contributed by atoms with Gasteiger partial charge in [-0.05, 0) is 35.9 Å². The SMILES string of the molecule is COc1ccc(Cl)cc1NC(=O)Cc1cccc(Cl)c1. The Morgan fingerprint density at radius 3 is 2.60 bits per heavy atom. The number of ether oxygens (including phenoxy) is 1. The van der Waals surface area contributed by atoms with E-state index < -0.39 is 0 Å². The molecule has 104 valence electrons. The molecule has 0 bridgehead atoms. The molecular formula is C15H13Cl2NO2. The maximum atomic E-state index is 12.0. The van der Waals surface area contributed by atoms with Gasteiger partial charge in [-0.25, -0.2) is 0 Å². The standard InChI is InChI=1S/C15H13Cl2NO2/c1-20-14-6-5-12(17)9-13(14)18-15(19)8-10-3-2-4-11(16)7-10/h2-7,9H,8H2,1H3,(H,18,19). The van der Waals surface area contributed by atoms with Crippen LogP contribution in [-0.4, -0.2) is 13.0 Å². The summed E-state index contributed by atoms with van der Waals surface area (Å²) in [5.41, 5.74) is 1.39. The fourth-order valence-corrected chi connectivity index (χ4v) is 2.19. The lowest BCUT2D eigenvalue weighted by Crippen LogP contribution is -2.15. The van der Waals surface area contributed by atoms with Gasteiger partial charge in [0, 0.05) is 10.0 Å². The van der Waals surface area contributed by atoms with Gasteiger partial charge in [0.1, 0.15) is 5.75 Å². The molecule has 5 heteroatoms. The quantitative estimate of drug-likeness (QED) is 0.920. The molecule has 20 heavy (non-hydrogen) atoms. The first kappa shape index (κ1) is 14.7. The zero-order valence-corrected chi connectivity index (χ0v) is 12.3. The van der Waals surface area contributed by atoms with Crippen molar-refractivity contribution in [2.75, 3.05) is 12.4 Å². The summed E-state index contributed by atoms with van der Waals surface area (Å²) in [6, 6.07) is 12.2. The lowest BCUT2D eigenvalue weighted by Gasteiger charge is -2.10. The van der Waals surface area contributed by atoms with Crippen LogP contribution in [0.1, 0.15) is 5.56 Å². The fourth-order valence-electron chi connectivity index (χ4n) is 1.80. The normalized spacial score (nSPS) is 10.2. The molecule has 0 aliphatic rings. The Kier molecular flexibility index (Phi) is 4.88. The Labute approximate surface area is 127 Å². The Hall–Kier alpha value is -1.71. The third-order valence-corrected chi connectivity index (χ3v) is 3.16. The molecule has 2 rings (SSSR count). The van der Waals surface area contributed by atoms with Crippen LogP contribution >= 0.6 is 23.2 Å². The molecule has 0 atom stereocenters. The number of benzene rings is 2. The highest BCUT2D eigenvalue weighted by molar-refractivity contribution is 6.31. The van der Waals surface area contributed by atoms with E-state index in [0.29, 0.717) is 21.5 Å². The maximum Gasteiger partial charge on any atom is 0.228 e. The number of methoxy groups -OCH3 is 1. The van der Waals surface area contributed by atoms with Crippen molar-refractivity contribution >= 4 is 34.8 Å². The molecule has 0 unspecified atom stereocenters. The lowest BCUT2D eigenvalue weighted by molar-refractivity contribution is -0.115. The number of hydrogen-bond acceptors (Lipinski definition) is 2. The monoisotopic (exact) mass is 309 g/mol. The number of amides is 1. The van der Waals surface area contributed by atoms with Gasteiger partial charge < -0.3 is 10.1 Å². The number of halogens is 2. The molecule has 0 heterocycles. The largest absolute Gasteiger partial charge is 0.495 e. The summed E-state index contributed by atoms with van der Waals surface area (Å²) in [6.07, 6.45) is 0.232. The summed E-state index contributed by atoms with van der Waals surface area (Å²) in [5, 5.41) is 3.92. The number of rotatable bonds is 4. The molecule has 0 aliphatic heterocycles. The molecule has 0 aliphatic carbocycles. The van der Waals surface area contributed by atoms with Crippen molar-refractivity contribution in [3.63, 3.8) is 0 Å². The summed E-state index contributed by atoms with van der Waals surface area (Å²) in [4.78, 5) is 12.0. The summed E-state index contributed by atoms with van der Waals surface area (Å²) in [5.74, 6) is 0.404. The number of hydrogen-bond donors (Lipinski definition) is 1. The first-order valence-corrected chi connectivity index (χ1v) is 6.72. The van der Waals surface area contributed by atoms with Crippen LogP contribution in [0.3, 0.4) is 0 Å². The van der Waals surface area contributed by atoms with E-state index in [4.69, 9.17) is 27.9 Å². The highest BCUT2D eigenvalue weighted by Gasteiger charge is 2.09. The average molecular weight is 310 g/mol. The number of anilines is 1. The zero-order chi connectivity index (χ0) is 14.5. The molecule has 0 aromatic heterocycles. The van der Waals surface area contributed by atoms with Gasteiger partial charge in [0.05, 0.1) is 19.2 Å². The predicted molar refractivity (Wildman–Crippen MR) is 81.8 cm³/mol. The smallest absolute Gasteiger partial charge is 0.228 e. The molecule has 1 N–H and O–H groups in total. The Morgan fingerprint density at radius 2 is 1.90 bits per heavy atom. The molecular weight excluding hydrogens is 297 g/mol. The van der Waals surface area contributed by atoms with Gasteiger partial charge in [0.15, 0.2) is 0 Å². The number of carbonyl (C=O) groups excluding carboxylic acids is 1. The van der Waals surface area contributed by atoms with Crippen molar-refractivity contribution in [1.82, 2.24) is 0 Å². The van der Waals surface area contributed by atoms with Crippen molar-refractivity contribution in [3.8, 4) is 5.75 Å². The van der Waals surface area contributed by atoms with Crippen molar-refractivity contribution in [2.24, 2.45) is 0 Å². The van der Waals surface area contributed by atoms with Crippen molar-refractivity contribution < 1.29 is 9.53 Å².